The van der Waals surface area contributed by atoms with Crippen LogP contribution in [0.2, 0.25) is 0 Å². The van der Waals surface area contributed by atoms with Crippen molar-refractivity contribution < 1.29 is 0 Å². The monoisotopic (exact) mass is 286 g/mol. The third-order valence-corrected chi connectivity index (χ3v) is 5.75. The molecule has 0 amide bonds. The van der Waals surface area contributed by atoms with Crippen LogP contribution in [0.4, 0.5) is 0 Å². The van der Waals surface area contributed by atoms with Crippen LogP contribution in [0.3, 0.4) is 0 Å². The van der Waals surface area contributed by atoms with Crippen LogP contribution in [0, 0.1) is 26.7 Å². The predicted octanol–water partition coefficient (Wildman–Crippen LogP) is 3.88. The normalized spacial score (nSPS) is 27.6. The number of benzene rings is 1. The molecule has 1 aromatic rings. The molecule has 0 spiro atoms. The summed E-state index contributed by atoms with van der Waals surface area (Å²) in [5, 5.41) is 0. The summed E-state index contributed by atoms with van der Waals surface area (Å²) in [5.41, 5.74) is 11.9. The summed E-state index contributed by atoms with van der Waals surface area (Å²) in [6.45, 7) is 8.69. The third-order valence-electron chi connectivity index (χ3n) is 5.75. The Morgan fingerprint density at radius 3 is 2.43 bits per heavy atom. The van der Waals surface area contributed by atoms with Crippen LogP contribution < -0.4 is 5.73 Å². The van der Waals surface area contributed by atoms with Gasteiger partial charge in [-0.1, -0.05) is 30.5 Å². The largest absolute Gasteiger partial charge is 0.329 e. The van der Waals surface area contributed by atoms with Crippen molar-refractivity contribution >= 4 is 0 Å². The molecule has 0 aromatic heterocycles. The fraction of sp³-hybridized carbons (Fsp3) is 0.684. The van der Waals surface area contributed by atoms with Gasteiger partial charge < -0.3 is 5.73 Å². The lowest BCUT2D eigenvalue weighted by atomic mass is 9.84. The Morgan fingerprint density at radius 1 is 1.10 bits per heavy atom. The minimum atomic E-state index is 0.415. The summed E-state index contributed by atoms with van der Waals surface area (Å²) in [7, 11) is 0. The first-order valence-electron chi connectivity index (χ1n) is 8.65. The number of likely N-dealkylation sites (tertiary alicyclic amines) is 1. The molecule has 2 heteroatoms. The van der Waals surface area contributed by atoms with Crippen LogP contribution in [-0.2, 0) is 0 Å². The molecule has 3 atom stereocenters. The van der Waals surface area contributed by atoms with Gasteiger partial charge >= 0.3 is 0 Å². The molecule has 116 valence electrons. The van der Waals surface area contributed by atoms with Crippen LogP contribution in [0.15, 0.2) is 12.1 Å². The lowest BCUT2D eigenvalue weighted by Gasteiger charge is -2.38. The second kappa shape index (κ2) is 6.10. The number of aryl methyl sites for hydroxylation is 3. The Balaban J connectivity index is 1.92. The standard InChI is InChI=1S/C19H30N2/c1-13-10-14(2)19(15(3)11-13)18(12-20)21-9-8-16-6-4-5-7-17(16)21/h10-11,16-18H,4-9,12,20H2,1-3H3. The Kier molecular flexibility index (Phi) is 4.37. The minimum Gasteiger partial charge on any atom is -0.329 e. The van der Waals surface area contributed by atoms with Crippen molar-refractivity contribution in [2.45, 2.75) is 65.0 Å². The molecule has 0 bridgehead atoms. The van der Waals surface area contributed by atoms with Gasteiger partial charge in [-0.3, -0.25) is 4.90 Å². The molecule has 1 aromatic carbocycles. The Hall–Kier alpha value is -0.860. The average molecular weight is 286 g/mol. The van der Waals surface area contributed by atoms with Crippen molar-refractivity contribution in [2.75, 3.05) is 13.1 Å². The van der Waals surface area contributed by atoms with Crippen LogP contribution in [0.1, 0.15) is 60.4 Å². The van der Waals surface area contributed by atoms with Crippen molar-refractivity contribution in [3.05, 3.63) is 34.4 Å². The molecule has 3 unspecified atom stereocenters. The second-order valence-electron chi connectivity index (χ2n) is 7.20. The van der Waals surface area contributed by atoms with E-state index >= 15 is 0 Å². The zero-order valence-electron chi connectivity index (χ0n) is 13.9. The van der Waals surface area contributed by atoms with E-state index in [0.717, 1.165) is 18.5 Å². The van der Waals surface area contributed by atoms with Crippen molar-refractivity contribution in [1.82, 2.24) is 4.90 Å². The van der Waals surface area contributed by atoms with Crippen molar-refractivity contribution in [2.24, 2.45) is 11.7 Å². The topological polar surface area (TPSA) is 29.3 Å². The van der Waals surface area contributed by atoms with Crippen molar-refractivity contribution in [3.8, 4) is 0 Å². The molecule has 1 heterocycles. The van der Waals surface area contributed by atoms with E-state index in [2.05, 4.69) is 37.8 Å². The van der Waals surface area contributed by atoms with E-state index < -0.39 is 0 Å². The molecular formula is C19H30N2. The summed E-state index contributed by atoms with van der Waals surface area (Å²) < 4.78 is 0. The van der Waals surface area contributed by atoms with Crippen LogP contribution in [-0.4, -0.2) is 24.0 Å². The smallest absolute Gasteiger partial charge is 0.0478 e. The van der Waals surface area contributed by atoms with Crippen molar-refractivity contribution in [1.29, 1.82) is 0 Å². The Bertz CT molecular complexity index is 485. The number of nitrogens with zero attached hydrogens (tertiary/aromatic N) is 1. The molecule has 2 N–H and O–H groups in total. The zero-order chi connectivity index (χ0) is 15.0. The van der Waals surface area contributed by atoms with Gasteiger partial charge in [-0.05, 0) is 69.2 Å². The van der Waals surface area contributed by atoms with Gasteiger partial charge in [-0.2, -0.15) is 0 Å². The van der Waals surface area contributed by atoms with Gasteiger partial charge in [0.25, 0.3) is 0 Å². The molecule has 3 rings (SSSR count). The summed E-state index contributed by atoms with van der Waals surface area (Å²) in [6.07, 6.45) is 7.03. The third kappa shape index (κ3) is 2.76. The van der Waals surface area contributed by atoms with Crippen LogP contribution in [0.5, 0.6) is 0 Å². The predicted molar refractivity (Wildman–Crippen MR) is 89.5 cm³/mol. The number of fused-ring (bicyclic) bond motifs is 1. The van der Waals surface area contributed by atoms with Gasteiger partial charge in [-0.25, -0.2) is 0 Å². The quantitative estimate of drug-likeness (QED) is 0.914. The maximum atomic E-state index is 6.24. The highest BCUT2D eigenvalue weighted by Gasteiger charge is 2.39. The van der Waals surface area contributed by atoms with E-state index in [-0.39, 0.29) is 0 Å². The highest BCUT2D eigenvalue weighted by molar-refractivity contribution is 5.40. The van der Waals surface area contributed by atoms with E-state index in [1.165, 1.54) is 60.9 Å². The molecule has 2 fully saturated rings. The van der Waals surface area contributed by atoms with Crippen LogP contribution >= 0.6 is 0 Å². The maximum Gasteiger partial charge on any atom is 0.0478 e. The van der Waals surface area contributed by atoms with Gasteiger partial charge in [-0.15, -0.1) is 0 Å². The fourth-order valence-corrected chi connectivity index (χ4v) is 4.96. The lowest BCUT2D eigenvalue weighted by molar-refractivity contribution is 0.134. The number of nitrogens with two attached hydrogens (primary N) is 1. The van der Waals surface area contributed by atoms with E-state index in [0.29, 0.717) is 6.04 Å². The summed E-state index contributed by atoms with van der Waals surface area (Å²) in [6, 6.07) is 5.84. The molecule has 1 saturated heterocycles. The van der Waals surface area contributed by atoms with E-state index in [1.54, 1.807) is 0 Å². The first-order valence-corrected chi connectivity index (χ1v) is 8.65. The summed E-state index contributed by atoms with van der Waals surface area (Å²) >= 11 is 0. The number of rotatable bonds is 3. The fourth-order valence-electron chi connectivity index (χ4n) is 4.96. The number of hydrogen-bond acceptors (Lipinski definition) is 2. The first kappa shape index (κ1) is 15.1. The highest BCUT2D eigenvalue weighted by Crippen LogP contribution is 2.41. The molecule has 1 saturated carbocycles. The Labute approximate surface area is 129 Å². The molecule has 0 radical (unpaired) electrons. The SMILES string of the molecule is Cc1cc(C)c(C(CN)N2CCC3CCCCC32)c(C)c1. The zero-order valence-corrected chi connectivity index (χ0v) is 13.9. The molecular weight excluding hydrogens is 256 g/mol. The molecule has 2 aliphatic rings. The molecule has 1 aliphatic heterocycles. The summed E-state index contributed by atoms with van der Waals surface area (Å²) in [4.78, 5) is 2.74. The van der Waals surface area contributed by atoms with E-state index in [1.807, 2.05) is 0 Å². The van der Waals surface area contributed by atoms with E-state index in [4.69, 9.17) is 5.73 Å². The first-order chi connectivity index (χ1) is 10.1. The molecule has 21 heavy (non-hydrogen) atoms. The van der Waals surface area contributed by atoms with Gasteiger partial charge in [0.05, 0.1) is 0 Å². The van der Waals surface area contributed by atoms with Gasteiger partial charge in [0, 0.05) is 18.6 Å². The van der Waals surface area contributed by atoms with E-state index in [9.17, 15) is 0 Å². The Morgan fingerprint density at radius 2 is 1.76 bits per heavy atom. The summed E-state index contributed by atoms with van der Waals surface area (Å²) in [5.74, 6) is 0.930. The average Bonchev–Trinajstić information content (AvgIpc) is 2.86. The number of hydrogen-bond donors (Lipinski definition) is 1. The second-order valence-corrected chi connectivity index (χ2v) is 7.20. The molecule has 2 nitrogen and oxygen atoms in total. The maximum absolute atomic E-state index is 6.24. The highest BCUT2D eigenvalue weighted by atomic mass is 15.2. The van der Waals surface area contributed by atoms with Gasteiger partial charge in [0.2, 0.25) is 0 Å². The van der Waals surface area contributed by atoms with Gasteiger partial charge in [0.15, 0.2) is 0 Å². The molecule has 1 aliphatic carbocycles. The lowest BCUT2D eigenvalue weighted by Crippen LogP contribution is -2.41. The van der Waals surface area contributed by atoms with Crippen molar-refractivity contribution in [3.63, 3.8) is 0 Å². The van der Waals surface area contributed by atoms with Gasteiger partial charge in [0.1, 0.15) is 0 Å². The van der Waals surface area contributed by atoms with Crippen LogP contribution in [0.25, 0.3) is 0 Å². The minimum absolute atomic E-state index is 0.415.